The number of benzene rings is 1. The van der Waals surface area contributed by atoms with Gasteiger partial charge in [-0.25, -0.2) is 0 Å². The van der Waals surface area contributed by atoms with Crippen LogP contribution < -0.4 is 5.32 Å². The lowest BCUT2D eigenvalue weighted by Gasteiger charge is -2.32. The first-order valence-corrected chi connectivity index (χ1v) is 8.94. The van der Waals surface area contributed by atoms with Gasteiger partial charge >= 0.3 is 0 Å². The van der Waals surface area contributed by atoms with Crippen molar-refractivity contribution >= 4 is 12.0 Å². The van der Waals surface area contributed by atoms with Crippen molar-refractivity contribution < 1.29 is 4.79 Å². The molecule has 130 valence electrons. The van der Waals surface area contributed by atoms with Crippen molar-refractivity contribution in [2.45, 2.75) is 25.3 Å². The summed E-state index contributed by atoms with van der Waals surface area (Å²) in [7, 11) is 0. The maximum atomic E-state index is 12.1. The van der Waals surface area contributed by atoms with Gasteiger partial charge in [-0.2, -0.15) is 0 Å². The quantitative estimate of drug-likeness (QED) is 0.826. The van der Waals surface area contributed by atoms with Crippen LogP contribution in [0.25, 0.3) is 6.08 Å². The van der Waals surface area contributed by atoms with Crippen molar-refractivity contribution in [3.8, 4) is 0 Å². The molecule has 2 heterocycles. The number of amides is 1. The summed E-state index contributed by atoms with van der Waals surface area (Å²) in [5.74, 6) is -0.000844. The number of hydrogen-bond acceptors (Lipinski definition) is 3. The second-order valence-corrected chi connectivity index (χ2v) is 6.47. The van der Waals surface area contributed by atoms with Crippen LogP contribution in [0, 0.1) is 0 Å². The molecule has 3 rings (SSSR count). The van der Waals surface area contributed by atoms with Crippen LogP contribution in [0.1, 0.15) is 24.0 Å². The number of rotatable bonds is 6. The minimum absolute atomic E-state index is 0.000844. The number of carbonyl (C=O) groups excluding carboxylic acids is 1. The Balaban J connectivity index is 1.37. The van der Waals surface area contributed by atoms with Gasteiger partial charge in [-0.1, -0.05) is 30.3 Å². The summed E-state index contributed by atoms with van der Waals surface area (Å²) in [6.07, 6.45) is 10.3. The molecule has 1 aliphatic rings. The lowest BCUT2D eigenvalue weighted by molar-refractivity contribution is -0.117. The second-order valence-electron chi connectivity index (χ2n) is 6.47. The number of nitrogens with one attached hydrogen (secondary N) is 1. The smallest absolute Gasteiger partial charge is 0.244 e. The van der Waals surface area contributed by atoms with E-state index in [1.54, 1.807) is 6.08 Å². The lowest BCUT2D eigenvalue weighted by Crippen LogP contribution is -2.44. The summed E-state index contributed by atoms with van der Waals surface area (Å²) >= 11 is 0. The summed E-state index contributed by atoms with van der Waals surface area (Å²) in [4.78, 5) is 18.6. The van der Waals surface area contributed by atoms with Crippen molar-refractivity contribution in [3.05, 3.63) is 72.1 Å². The van der Waals surface area contributed by atoms with Gasteiger partial charge in [0.25, 0.3) is 0 Å². The lowest BCUT2D eigenvalue weighted by atomic mass is 10.0. The highest BCUT2D eigenvalue weighted by atomic mass is 16.1. The van der Waals surface area contributed by atoms with E-state index >= 15 is 0 Å². The van der Waals surface area contributed by atoms with E-state index in [0.29, 0.717) is 0 Å². The third-order valence-electron chi connectivity index (χ3n) is 4.63. The number of likely N-dealkylation sites (tertiary alicyclic amines) is 1. The van der Waals surface area contributed by atoms with Gasteiger partial charge in [-0.15, -0.1) is 0 Å². The zero-order valence-electron chi connectivity index (χ0n) is 14.5. The van der Waals surface area contributed by atoms with Crippen LogP contribution in [-0.2, 0) is 11.2 Å². The fourth-order valence-corrected chi connectivity index (χ4v) is 3.12. The van der Waals surface area contributed by atoms with Crippen molar-refractivity contribution in [2.75, 3.05) is 19.6 Å². The Labute approximate surface area is 149 Å². The molecule has 4 heteroatoms. The minimum atomic E-state index is -0.000844. The monoisotopic (exact) mass is 335 g/mol. The third-order valence-corrected chi connectivity index (χ3v) is 4.63. The summed E-state index contributed by atoms with van der Waals surface area (Å²) in [5.41, 5.74) is 2.38. The van der Waals surface area contributed by atoms with Crippen molar-refractivity contribution in [1.29, 1.82) is 0 Å². The molecule has 0 radical (unpaired) electrons. The molecule has 0 atom stereocenters. The van der Waals surface area contributed by atoms with E-state index < -0.39 is 0 Å². The summed E-state index contributed by atoms with van der Waals surface area (Å²) in [5, 5.41) is 3.12. The normalized spacial score (nSPS) is 16.2. The molecule has 0 saturated carbocycles. The first-order chi connectivity index (χ1) is 12.3. The molecule has 4 nitrogen and oxygen atoms in total. The maximum absolute atomic E-state index is 12.1. The van der Waals surface area contributed by atoms with E-state index in [1.807, 2.05) is 48.8 Å². The van der Waals surface area contributed by atoms with Crippen LogP contribution >= 0.6 is 0 Å². The molecule has 1 fully saturated rings. The van der Waals surface area contributed by atoms with Crippen molar-refractivity contribution in [1.82, 2.24) is 15.2 Å². The highest BCUT2D eigenvalue weighted by molar-refractivity contribution is 5.91. The zero-order valence-corrected chi connectivity index (χ0v) is 14.5. The van der Waals surface area contributed by atoms with Gasteiger partial charge in [-0.3, -0.25) is 9.78 Å². The van der Waals surface area contributed by atoms with Gasteiger partial charge in [0, 0.05) is 44.1 Å². The molecule has 1 aromatic carbocycles. The number of hydrogen-bond donors (Lipinski definition) is 1. The van der Waals surface area contributed by atoms with Gasteiger partial charge in [-0.05, 0) is 48.6 Å². The Hall–Kier alpha value is -2.46. The Kier molecular flexibility index (Phi) is 6.35. The number of piperidine rings is 1. The van der Waals surface area contributed by atoms with Crippen LogP contribution in [0.5, 0.6) is 0 Å². The van der Waals surface area contributed by atoms with E-state index in [0.717, 1.165) is 44.5 Å². The Morgan fingerprint density at radius 3 is 2.56 bits per heavy atom. The fraction of sp³-hybridized carbons (Fsp3) is 0.333. The van der Waals surface area contributed by atoms with Crippen LogP contribution in [-0.4, -0.2) is 41.5 Å². The fourth-order valence-electron chi connectivity index (χ4n) is 3.12. The molecular formula is C21H25N3O. The predicted octanol–water partition coefficient (Wildman–Crippen LogP) is 2.92. The van der Waals surface area contributed by atoms with E-state index in [4.69, 9.17) is 0 Å². The van der Waals surface area contributed by atoms with Crippen LogP contribution in [0.4, 0.5) is 0 Å². The molecule has 25 heavy (non-hydrogen) atoms. The summed E-state index contributed by atoms with van der Waals surface area (Å²) in [6.45, 7) is 3.15. The average Bonchev–Trinajstić information content (AvgIpc) is 2.67. The van der Waals surface area contributed by atoms with Crippen molar-refractivity contribution in [2.24, 2.45) is 0 Å². The Bertz CT molecular complexity index is 677. The van der Waals surface area contributed by atoms with Gasteiger partial charge < -0.3 is 10.2 Å². The number of nitrogens with zero attached hydrogens (tertiary/aromatic N) is 2. The largest absolute Gasteiger partial charge is 0.350 e. The third kappa shape index (κ3) is 5.84. The first-order valence-electron chi connectivity index (χ1n) is 8.94. The van der Waals surface area contributed by atoms with Gasteiger partial charge in [0.1, 0.15) is 0 Å². The molecule has 1 saturated heterocycles. The molecule has 0 aliphatic carbocycles. The Morgan fingerprint density at radius 2 is 1.84 bits per heavy atom. The minimum Gasteiger partial charge on any atom is -0.350 e. The van der Waals surface area contributed by atoms with E-state index in [-0.39, 0.29) is 11.9 Å². The molecule has 2 aromatic rings. The molecule has 0 spiro atoms. The van der Waals surface area contributed by atoms with E-state index in [2.05, 4.69) is 27.3 Å². The molecule has 1 aliphatic heterocycles. The van der Waals surface area contributed by atoms with Gasteiger partial charge in [0.05, 0.1) is 0 Å². The number of carbonyl (C=O) groups is 1. The van der Waals surface area contributed by atoms with Crippen LogP contribution in [0.2, 0.25) is 0 Å². The topological polar surface area (TPSA) is 45.2 Å². The molecule has 1 N–H and O–H groups in total. The highest BCUT2D eigenvalue weighted by Crippen LogP contribution is 2.11. The van der Waals surface area contributed by atoms with Gasteiger partial charge in [0.15, 0.2) is 0 Å². The van der Waals surface area contributed by atoms with Crippen LogP contribution in [0.3, 0.4) is 0 Å². The molecule has 0 unspecified atom stereocenters. The number of aromatic nitrogens is 1. The van der Waals surface area contributed by atoms with Gasteiger partial charge in [0.2, 0.25) is 5.91 Å². The van der Waals surface area contributed by atoms with Crippen LogP contribution in [0.15, 0.2) is 60.9 Å². The van der Waals surface area contributed by atoms with E-state index in [9.17, 15) is 4.79 Å². The predicted molar refractivity (Wildman–Crippen MR) is 101 cm³/mol. The maximum Gasteiger partial charge on any atom is 0.244 e. The standard InChI is InChI=1S/C21H25N3O/c25-21(7-6-18-4-2-1-3-5-18)23-20-11-16-24(17-12-20)15-10-19-8-13-22-14-9-19/h1-9,13-14,20H,10-12,15-17H2,(H,23,25)/b7-6+. The van der Waals surface area contributed by atoms with E-state index in [1.165, 1.54) is 5.56 Å². The highest BCUT2D eigenvalue weighted by Gasteiger charge is 2.19. The first kappa shape index (κ1) is 17.4. The molecule has 0 bridgehead atoms. The summed E-state index contributed by atoms with van der Waals surface area (Å²) in [6, 6.07) is 14.3. The molecule has 1 aromatic heterocycles. The second kappa shape index (κ2) is 9.14. The zero-order chi connectivity index (χ0) is 17.3. The average molecular weight is 335 g/mol. The molecule has 1 amide bonds. The van der Waals surface area contributed by atoms with Crippen molar-refractivity contribution in [3.63, 3.8) is 0 Å². The molecular weight excluding hydrogens is 310 g/mol. The summed E-state index contributed by atoms with van der Waals surface area (Å²) < 4.78 is 0. The number of pyridine rings is 1. The Morgan fingerprint density at radius 1 is 1.12 bits per heavy atom. The SMILES string of the molecule is O=C(/C=C/c1ccccc1)NC1CCN(CCc2ccncc2)CC1.